The van der Waals surface area contributed by atoms with Crippen molar-refractivity contribution >= 4 is 52.4 Å². The number of nitrogens with zero attached hydrogens (tertiary/aromatic N) is 6. The lowest BCUT2D eigenvalue weighted by molar-refractivity contribution is 0.0696. The topological polar surface area (TPSA) is 177 Å². The predicted octanol–water partition coefficient (Wildman–Crippen LogP) is 5.93. The monoisotopic (exact) mass is 734 g/mol. The molecule has 4 aromatic carbocycles. The van der Waals surface area contributed by atoms with Crippen LogP contribution < -0.4 is 10.6 Å². The van der Waals surface area contributed by atoms with Crippen LogP contribution in [0.25, 0.3) is 0 Å². The fourth-order valence-electron chi connectivity index (χ4n) is 4.48. The van der Waals surface area contributed by atoms with Crippen molar-refractivity contribution in [1.29, 1.82) is 0 Å². The molecule has 0 atom stereocenters. The van der Waals surface area contributed by atoms with Crippen molar-refractivity contribution in [2.24, 2.45) is 0 Å². The molecular weight excluding hydrogens is 709 g/mol. The normalized spacial score (nSPS) is 10.6. The Balaban J connectivity index is 0.000000198. The van der Waals surface area contributed by atoms with Crippen LogP contribution in [0.1, 0.15) is 48.3 Å². The molecular formula is C34H26Cl2F2N8O5. The molecule has 0 saturated carbocycles. The van der Waals surface area contributed by atoms with E-state index in [1.807, 2.05) is 60.7 Å². The van der Waals surface area contributed by atoms with Gasteiger partial charge in [-0.2, -0.15) is 0 Å². The van der Waals surface area contributed by atoms with Crippen LogP contribution in [0.4, 0.5) is 20.2 Å². The molecule has 0 bridgehead atoms. The summed E-state index contributed by atoms with van der Waals surface area (Å²) in [7, 11) is 0. The van der Waals surface area contributed by atoms with E-state index < -0.39 is 34.4 Å². The van der Waals surface area contributed by atoms with Crippen LogP contribution in [0.2, 0.25) is 10.0 Å². The van der Waals surface area contributed by atoms with Crippen molar-refractivity contribution in [3.63, 3.8) is 0 Å². The number of amides is 2. The molecule has 2 amide bonds. The molecule has 17 heteroatoms. The Labute approximate surface area is 298 Å². The first-order chi connectivity index (χ1) is 24.5. The number of aromatic nitrogens is 6. The van der Waals surface area contributed by atoms with Crippen LogP contribution >= 0.6 is 23.2 Å². The van der Waals surface area contributed by atoms with Crippen LogP contribution in [0, 0.1) is 11.6 Å². The van der Waals surface area contributed by atoms with Gasteiger partial charge in [-0.25, -0.2) is 32.9 Å². The molecule has 51 heavy (non-hydrogen) atoms. The SMILES string of the molecule is O=C(Nc1cc(CO)cc(Cl)c1F)c1ncn(Cc2ccccc2)n1.O=C(O)c1cc(Cl)c(F)c(NC(=O)c2ncn(Cc3ccccc3)n2)c1. The van der Waals surface area contributed by atoms with E-state index in [-0.39, 0.29) is 40.2 Å². The van der Waals surface area contributed by atoms with Gasteiger partial charge in [0.15, 0.2) is 11.6 Å². The molecule has 4 N–H and O–H groups in total. The Morgan fingerprint density at radius 1 is 0.667 bits per heavy atom. The zero-order valence-electron chi connectivity index (χ0n) is 26.2. The maximum atomic E-state index is 14.0. The molecule has 2 heterocycles. The highest BCUT2D eigenvalue weighted by atomic mass is 35.5. The lowest BCUT2D eigenvalue weighted by Gasteiger charge is -2.08. The molecule has 260 valence electrons. The number of carboxylic acid groups (broad SMARTS) is 1. The van der Waals surface area contributed by atoms with Crippen molar-refractivity contribution in [2.45, 2.75) is 19.7 Å². The van der Waals surface area contributed by atoms with Gasteiger partial charge in [-0.1, -0.05) is 83.9 Å². The van der Waals surface area contributed by atoms with E-state index in [0.717, 1.165) is 23.3 Å². The van der Waals surface area contributed by atoms with Gasteiger partial charge < -0.3 is 20.8 Å². The second kappa shape index (κ2) is 16.6. The van der Waals surface area contributed by atoms with Gasteiger partial charge in [0.2, 0.25) is 11.6 Å². The molecule has 2 aromatic heterocycles. The lowest BCUT2D eigenvalue weighted by Crippen LogP contribution is -2.16. The summed E-state index contributed by atoms with van der Waals surface area (Å²) >= 11 is 11.4. The fraction of sp³-hybridized carbons (Fsp3) is 0.0882. The van der Waals surface area contributed by atoms with Gasteiger partial charge in [-0.05, 0) is 41.0 Å². The van der Waals surface area contributed by atoms with E-state index >= 15 is 0 Å². The standard InChI is InChI=1S/C17H12ClFN4O3.C17H14ClFN4O2/c18-12-6-11(17(25)26)7-13(14(12)19)21-16(24)15-20-9-23(22-15)8-10-4-2-1-3-5-10;18-13-6-12(9-24)7-14(15(13)19)21-17(25)16-20-10-23(22-16)8-11-4-2-1-3-5-11/h1-7,9H,8H2,(H,21,24)(H,25,26);1-7,10,24H,8-9H2,(H,21,25). The summed E-state index contributed by atoms with van der Waals surface area (Å²) in [5.74, 6) is -4.75. The maximum absolute atomic E-state index is 14.0. The fourth-order valence-corrected chi connectivity index (χ4v) is 4.94. The van der Waals surface area contributed by atoms with Gasteiger partial charge in [0.1, 0.15) is 12.7 Å². The van der Waals surface area contributed by atoms with Gasteiger partial charge in [0.05, 0.1) is 46.7 Å². The number of halogens is 4. The maximum Gasteiger partial charge on any atom is 0.335 e. The first-order valence-corrected chi connectivity index (χ1v) is 15.6. The van der Waals surface area contributed by atoms with Crippen LogP contribution in [0.15, 0.2) is 97.6 Å². The average molecular weight is 736 g/mol. The Hall–Kier alpha value is -6.03. The minimum Gasteiger partial charge on any atom is -0.478 e. The number of aliphatic hydroxyl groups is 1. The molecule has 0 aliphatic heterocycles. The predicted molar refractivity (Wildman–Crippen MR) is 183 cm³/mol. The first-order valence-electron chi connectivity index (χ1n) is 14.8. The zero-order chi connectivity index (χ0) is 36.5. The number of hydrogen-bond donors (Lipinski definition) is 4. The van der Waals surface area contributed by atoms with Crippen molar-refractivity contribution in [3.05, 3.63) is 153 Å². The summed E-state index contributed by atoms with van der Waals surface area (Å²) in [6, 6.07) is 23.5. The molecule has 0 spiro atoms. The van der Waals surface area contributed by atoms with E-state index in [4.69, 9.17) is 33.4 Å². The summed E-state index contributed by atoms with van der Waals surface area (Å²) in [5, 5.41) is 30.3. The molecule has 0 aliphatic carbocycles. The van der Waals surface area contributed by atoms with Gasteiger partial charge >= 0.3 is 5.97 Å². The number of carbonyl (C=O) groups is 3. The number of nitrogens with one attached hydrogen (secondary N) is 2. The van der Waals surface area contributed by atoms with E-state index in [1.165, 1.54) is 34.2 Å². The number of carboxylic acids is 1. The number of aromatic carboxylic acids is 1. The Morgan fingerprint density at radius 2 is 1.12 bits per heavy atom. The second-order valence-electron chi connectivity index (χ2n) is 10.6. The second-order valence-corrected chi connectivity index (χ2v) is 11.4. The number of aliphatic hydroxyl groups excluding tert-OH is 1. The first kappa shape index (κ1) is 36.3. The molecule has 0 unspecified atom stereocenters. The Morgan fingerprint density at radius 3 is 1.57 bits per heavy atom. The number of carbonyl (C=O) groups excluding carboxylic acids is 2. The lowest BCUT2D eigenvalue weighted by atomic mass is 10.2. The largest absolute Gasteiger partial charge is 0.478 e. The van der Waals surface area contributed by atoms with Crippen LogP contribution in [0.3, 0.4) is 0 Å². The third-order valence-corrected chi connectivity index (χ3v) is 7.45. The van der Waals surface area contributed by atoms with Crippen LogP contribution in [0.5, 0.6) is 0 Å². The van der Waals surface area contributed by atoms with Crippen molar-refractivity contribution in [2.75, 3.05) is 10.6 Å². The van der Waals surface area contributed by atoms with Gasteiger partial charge in [0.25, 0.3) is 11.8 Å². The summed E-state index contributed by atoms with van der Waals surface area (Å²) < 4.78 is 31.0. The van der Waals surface area contributed by atoms with Gasteiger partial charge in [-0.15, -0.1) is 10.2 Å². The van der Waals surface area contributed by atoms with Crippen molar-refractivity contribution < 1.29 is 33.4 Å². The van der Waals surface area contributed by atoms with E-state index in [0.29, 0.717) is 18.7 Å². The third-order valence-electron chi connectivity index (χ3n) is 6.90. The van der Waals surface area contributed by atoms with Gasteiger partial charge in [-0.3, -0.25) is 9.59 Å². The van der Waals surface area contributed by atoms with E-state index in [1.54, 1.807) is 0 Å². The molecule has 13 nitrogen and oxygen atoms in total. The summed E-state index contributed by atoms with van der Waals surface area (Å²) in [6.07, 6.45) is 2.80. The third kappa shape index (κ3) is 9.57. The smallest absolute Gasteiger partial charge is 0.335 e. The number of hydrogen-bond acceptors (Lipinski definition) is 8. The minimum absolute atomic E-state index is 0.0964. The number of rotatable bonds is 10. The molecule has 0 radical (unpaired) electrons. The van der Waals surface area contributed by atoms with Crippen molar-refractivity contribution in [3.8, 4) is 0 Å². The minimum atomic E-state index is -1.30. The molecule has 6 aromatic rings. The summed E-state index contributed by atoms with van der Waals surface area (Å²) in [5.41, 5.74) is 1.60. The molecule has 0 fully saturated rings. The Bertz CT molecular complexity index is 2180. The number of benzene rings is 4. The molecule has 6 rings (SSSR count). The summed E-state index contributed by atoms with van der Waals surface area (Å²) in [6.45, 7) is 0.546. The van der Waals surface area contributed by atoms with Gasteiger partial charge in [0, 0.05) is 0 Å². The highest BCUT2D eigenvalue weighted by Gasteiger charge is 2.19. The quantitative estimate of drug-likeness (QED) is 0.133. The highest BCUT2D eigenvalue weighted by Crippen LogP contribution is 2.26. The van der Waals surface area contributed by atoms with Crippen LogP contribution in [-0.4, -0.2) is 57.5 Å². The molecule has 0 saturated heterocycles. The average Bonchev–Trinajstić information content (AvgIpc) is 3.80. The van der Waals surface area contributed by atoms with Crippen molar-refractivity contribution in [1.82, 2.24) is 29.5 Å². The van der Waals surface area contributed by atoms with E-state index in [2.05, 4.69) is 30.8 Å². The summed E-state index contributed by atoms with van der Waals surface area (Å²) in [4.78, 5) is 43.3. The number of anilines is 2. The van der Waals surface area contributed by atoms with Crippen LogP contribution in [-0.2, 0) is 19.7 Å². The Kier molecular flexibility index (Phi) is 11.8. The molecule has 0 aliphatic rings. The zero-order valence-corrected chi connectivity index (χ0v) is 27.7. The highest BCUT2D eigenvalue weighted by molar-refractivity contribution is 6.31. The van der Waals surface area contributed by atoms with E-state index in [9.17, 15) is 23.2 Å².